The third-order valence-electron chi connectivity index (χ3n) is 4.88. The monoisotopic (exact) mass is 339 g/mol. The van der Waals surface area contributed by atoms with E-state index in [1.165, 1.54) is 0 Å². The number of aromatic nitrogens is 2. The number of rotatable bonds is 3. The minimum Gasteiger partial charge on any atom is -0.486 e. The first-order valence-corrected chi connectivity index (χ1v) is 8.64. The molecule has 1 saturated heterocycles. The van der Waals surface area contributed by atoms with E-state index in [0.717, 1.165) is 24.3 Å². The van der Waals surface area contributed by atoms with Crippen LogP contribution in [0.15, 0.2) is 42.9 Å². The number of nitrogens with zero attached hydrogens (tertiary/aromatic N) is 3. The van der Waals surface area contributed by atoms with E-state index in [4.69, 9.17) is 9.47 Å². The van der Waals surface area contributed by atoms with Gasteiger partial charge in [0.15, 0.2) is 0 Å². The summed E-state index contributed by atoms with van der Waals surface area (Å²) in [4.78, 5) is 23.1. The lowest BCUT2D eigenvalue weighted by Gasteiger charge is -2.39. The Labute approximate surface area is 146 Å². The summed E-state index contributed by atoms with van der Waals surface area (Å²) in [6, 6.07) is 7.50. The van der Waals surface area contributed by atoms with E-state index in [1.807, 2.05) is 36.1 Å². The van der Waals surface area contributed by atoms with Gasteiger partial charge >= 0.3 is 0 Å². The van der Waals surface area contributed by atoms with Crippen LogP contribution >= 0.6 is 0 Å². The summed E-state index contributed by atoms with van der Waals surface area (Å²) in [6.07, 6.45) is 6.66. The second kappa shape index (κ2) is 6.80. The number of fused-ring (bicyclic) bond motifs is 1. The molecule has 130 valence electrons. The number of carbonyl (C=O) groups excluding carboxylic acids is 1. The Morgan fingerprint density at radius 3 is 2.96 bits per heavy atom. The summed E-state index contributed by atoms with van der Waals surface area (Å²) in [6.45, 7) is 3.04. The molecule has 0 aromatic carbocycles. The maximum atomic E-state index is 12.9. The van der Waals surface area contributed by atoms with Crippen LogP contribution in [0.2, 0.25) is 0 Å². The van der Waals surface area contributed by atoms with E-state index < -0.39 is 0 Å². The average Bonchev–Trinajstić information content (AvgIpc) is 3.06. The number of morpholine rings is 1. The van der Waals surface area contributed by atoms with Crippen LogP contribution in [0, 0.1) is 6.92 Å². The molecule has 2 fully saturated rings. The minimum absolute atomic E-state index is 0.0211. The van der Waals surface area contributed by atoms with Gasteiger partial charge in [0.05, 0.1) is 24.4 Å². The Bertz CT molecular complexity index is 735. The number of hydrogen-bond donors (Lipinski definition) is 0. The molecule has 1 aliphatic carbocycles. The van der Waals surface area contributed by atoms with Gasteiger partial charge in [0, 0.05) is 24.6 Å². The van der Waals surface area contributed by atoms with E-state index in [0.29, 0.717) is 18.7 Å². The van der Waals surface area contributed by atoms with E-state index >= 15 is 0 Å². The standard InChI is InChI=1S/C19H21N3O3/c1-13-4-5-14(11-21-13)19(23)22-9-10-24-18-16(22)6-7-17(18)25-15-3-2-8-20-12-15/h2-5,8,11-12,16-18H,6-7,9-10H2,1H3/t16-,17+,18+/m1/s1. The Balaban J connectivity index is 1.49. The van der Waals surface area contributed by atoms with E-state index in [-0.39, 0.29) is 24.2 Å². The maximum absolute atomic E-state index is 12.9. The van der Waals surface area contributed by atoms with Crippen LogP contribution < -0.4 is 4.74 Å². The molecule has 25 heavy (non-hydrogen) atoms. The summed E-state index contributed by atoms with van der Waals surface area (Å²) in [5.41, 5.74) is 1.53. The highest BCUT2D eigenvalue weighted by molar-refractivity contribution is 5.94. The van der Waals surface area contributed by atoms with E-state index in [2.05, 4.69) is 9.97 Å². The Hall–Kier alpha value is -2.47. The molecule has 3 atom stereocenters. The second-order valence-corrected chi connectivity index (χ2v) is 6.51. The van der Waals surface area contributed by atoms with Crippen LogP contribution in [0.3, 0.4) is 0 Å². The first kappa shape index (κ1) is 16.0. The molecule has 1 amide bonds. The molecule has 6 heteroatoms. The zero-order valence-corrected chi connectivity index (χ0v) is 14.2. The molecule has 2 aromatic rings. The highest BCUT2D eigenvalue weighted by Gasteiger charge is 2.45. The molecule has 1 saturated carbocycles. The van der Waals surface area contributed by atoms with Gasteiger partial charge < -0.3 is 14.4 Å². The molecule has 3 heterocycles. The lowest BCUT2D eigenvalue weighted by molar-refractivity contribution is -0.0786. The fourth-order valence-electron chi connectivity index (χ4n) is 3.65. The predicted molar refractivity (Wildman–Crippen MR) is 91.4 cm³/mol. The summed E-state index contributed by atoms with van der Waals surface area (Å²) in [5.74, 6) is 0.760. The van der Waals surface area contributed by atoms with Crippen LogP contribution in [-0.4, -0.2) is 52.2 Å². The number of hydrogen-bond acceptors (Lipinski definition) is 5. The van der Waals surface area contributed by atoms with Crippen molar-refractivity contribution in [2.75, 3.05) is 13.2 Å². The van der Waals surface area contributed by atoms with Crippen molar-refractivity contribution in [2.45, 2.75) is 38.0 Å². The number of carbonyl (C=O) groups is 1. The van der Waals surface area contributed by atoms with Gasteiger partial charge in [-0.15, -0.1) is 0 Å². The second-order valence-electron chi connectivity index (χ2n) is 6.51. The van der Waals surface area contributed by atoms with Crippen molar-refractivity contribution in [1.82, 2.24) is 14.9 Å². The molecule has 0 unspecified atom stereocenters. The first-order valence-electron chi connectivity index (χ1n) is 8.64. The average molecular weight is 339 g/mol. The van der Waals surface area contributed by atoms with Gasteiger partial charge in [-0.2, -0.15) is 0 Å². The molecule has 0 bridgehead atoms. The molecule has 0 N–H and O–H groups in total. The minimum atomic E-state index is -0.101. The fraction of sp³-hybridized carbons (Fsp3) is 0.421. The smallest absolute Gasteiger partial charge is 0.255 e. The maximum Gasteiger partial charge on any atom is 0.255 e. The van der Waals surface area contributed by atoms with Gasteiger partial charge in [-0.3, -0.25) is 14.8 Å². The number of ether oxygens (including phenoxy) is 2. The van der Waals surface area contributed by atoms with Crippen LogP contribution in [0.25, 0.3) is 0 Å². The Morgan fingerprint density at radius 2 is 2.20 bits per heavy atom. The highest BCUT2D eigenvalue weighted by Crippen LogP contribution is 2.33. The quantitative estimate of drug-likeness (QED) is 0.858. The summed E-state index contributed by atoms with van der Waals surface area (Å²) < 4.78 is 12.0. The largest absolute Gasteiger partial charge is 0.486 e. The van der Waals surface area contributed by atoms with Crippen LogP contribution in [0.1, 0.15) is 28.9 Å². The summed E-state index contributed by atoms with van der Waals surface area (Å²) in [7, 11) is 0. The fourth-order valence-corrected chi connectivity index (χ4v) is 3.65. The third-order valence-corrected chi connectivity index (χ3v) is 4.88. The van der Waals surface area contributed by atoms with Crippen LogP contribution in [-0.2, 0) is 4.74 Å². The Morgan fingerprint density at radius 1 is 1.28 bits per heavy atom. The molecule has 6 nitrogen and oxygen atoms in total. The topological polar surface area (TPSA) is 64.6 Å². The molecule has 0 radical (unpaired) electrons. The highest BCUT2D eigenvalue weighted by atomic mass is 16.5. The molecular formula is C19H21N3O3. The van der Waals surface area contributed by atoms with Crippen molar-refractivity contribution in [2.24, 2.45) is 0 Å². The SMILES string of the molecule is Cc1ccc(C(=O)N2CCO[C@@H]3[C@@H](Oc4cccnc4)CC[C@H]32)cn1. The molecular weight excluding hydrogens is 318 g/mol. The zero-order chi connectivity index (χ0) is 17.2. The van der Waals surface area contributed by atoms with Gasteiger partial charge in [-0.25, -0.2) is 0 Å². The third kappa shape index (κ3) is 3.22. The van der Waals surface area contributed by atoms with Gasteiger partial charge in [-0.05, 0) is 44.0 Å². The van der Waals surface area contributed by atoms with Gasteiger partial charge in [0.2, 0.25) is 0 Å². The van der Waals surface area contributed by atoms with Gasteiger partial charge in [0.1, 0.15) is 18.0 Å². The molecule has 2 aliphatic rings. The Kier molecular flexibility index (Phi) is 4.36. The van der Waals surface area contributed by atoms with Gasteiger partial charge in [0.25, 0.3) is 5.91 Å². The van der Waals surface area contributed by atoms with E-state index in [1.54, 1.807) is 18.6 Å². The van der Waals surface area contributed by atoms with Crippen molar-refractivity contribution < 1.29 is 14.3 Å². The van der Waals surface area contributed by atoms with Crippen molar-refractivity contribution in [1.29, 1.82) is 0 Å². The zero-order valence-electron chi connectivity index (χ0n) is 14.2. The van der Waals surface area contributed by atoms with Crippen LogP contribution in [0.5, 0.6) is 5.75 Å². The number of aryl methyl sites for hydroxylation is 1. The lowest BCUT2D eigenvalue weighted by Crippen LogP contribution is -2.54. The lowest BCUT2D eigenvalue weighted by atomic mass is 10.1. The van der Waals surface area contributed by atoms with Crippen molar-refractivity contribution in [3.63, 3.8) is 0 Å². The van der Waals surface area contributed by atoms with Crippen LogP contribution in [0.4, 0.5) is 0 Å². The molecule has 0 spiro atoms. The molecule has 4 rings (SSSR count). The van der Waals surface area contributed by atoms with Gasteiger partial charge in [-0.1, -0.05) is 0 Å². The number of amides is 1. The summed E-state index contributed by atoms with van der Waals surface area (Å²) in [5, 5.41) is 0. The van der Waals surface area contributed by atoms with E-state index in [9.17, 15) is 4.79 Å². The molecule has 2 aromatic heterocycles. The van der Waals surface area contributed by atoms with Crippen molar-refractivity contribution in [3.05, 3.63) is 54.1 Å². The number of pyridine rings is 2. The predicted octanol–water partition coefficient (Wildman–Crippen LogP) is 2.24. The molecule has 1 aliphatic heterocycles. The van der Waals surface area contributed by atoms with Crippen molar-refractivity contribution in [3.8, 4) is 5.75 Å². The normalized spacial score (nSPS) is 25.5. The summed E-state index contributed by atoms with van der Waals surface area (Å²) >= 11 is 0. The first-order chi connectivity index (χ1) is 12.2. The van der Waals surface area contributed by atoms with Crippen molar-refractivity contribution >= 4 is 5.91 Å².